The van der Waals surface area contributed by atoms with Crippen LogP contribution in [0.4, 0.5) is 5.82 Å². The number of hydrogen-bond acceptors (Lipinski definition) is 4. The van der Waals surface area contributed by atoms with Gasteiger partial charge in [0.25, 0.3) is 5.56 Å². The summed E-state index contributed by atoms with van der Waals surface area (Å²) in [5.74, 6) is 0.234. The Balaban J connectivity index is 2.05. The molecular weight excluding hydrogens is 232 g/mol. The Kier molecular flexibility index (Phi) is 3.64. The largest absolute Gasteiger partial charge is 0.364 e. The first-order valence-corrected chi connectivity index (χ1v) is 6.15. The Morgan fingerprint density at radius 1 is 1.39 bits per heavy atom. The Hall–Kier alpha value is -1.85. The third kappa shape index (κ3) is 2.52. The minimum atomic E-state index is -0.413. The molecule has 1 N–H and O–H groups in total. The number of nitrogens with zero attached hydrogens (tertiary/aromatic N) is 3. The Morgan fingerprint density at radius 2 is 2.17 bits per heavy atom. The van der Waals surface area contributed by atoms with Crippen molar-refractivity contribution in [3.8, 4) is 0 Å². The summed E-state index contributed by atoms with van der Waals surface area (Å²) in [6.07, 6.45) is 6.73. The third-order valence-corrected chi connectivity index (χ3v) is 3.19. The second-order valence-electron chi connectivity index (χ2n) is 4.55. The van der Waals surface area contributed by atoms with Crippen molar-refractivity contribution in [1.29, 1.82) is 0 Å². The monoisotopic (exact) mass is 250 g/mol. The van der Waals surface area contributed by atoms with Crippen molar-refractivity contribution in [1.82, 2.24) is 14.3 Å². The van der Waals surface area contributed by atoms with Gasteiger partial charge in [-0.2, -0.15) is 0 Å². The fourth-order valence-electron chi connectivity index (χ4n) is 2.12. The molecule has 0 atom stereocenters. The second kappa shape index (κ2) is 5.20. The maximum Gasteiger partial charge on any atom is 0.346 e. The first kappa shape index (κ1) is 12.6. The molecule has 1 aliphatic carbocycles. The van der Waals surface area contributed by atoms with E-state index in [2.05, 4.69) is 16.5 Å². The number of hydrogen-bond donors (Lipinski definition) is 1. The molecule has 2 rings (SSSR count). The molecule has 0 spiro atoms. The van der Waals surface area contributed by atoms with Crippen LogP contribution in [0.1, 0.15) is 25.7 Å². The van der Waals surface area contributed by atoms with E-state index < -0.39 is 5.69 Å². The van der Waals surface area contributed by atoms with Crippen molar-refractivity contribution < 1.29 is 0 Å². The van der Waals surface area contributed by atoms with E-state index in [1.54, 1.807) is 0 Å². The van der Waals surface area contributed by atoms with Crippen LogP contribution in [-0.4, -0.2) is 20.9 Å². The zero-order chi connectivity index (χ0) is 13.1. The van der Waals surface area contributed by atoms with Crippen LogP contribution in [0.5, 0.6) is 0 Å². The van der Waals surface area contributed by atoms with Crippen LogP contribution >= 0.6 is 0 Å². The van der Waals surface area contributed by atoms with Crippen molar-refractivity contribution in [3.05, 3.63) is 32.5 Å². The molecule has 0 saturated heterocycles. The number of allylic oxidation sites excluding steroid dienone is 1. The molecule has 0 unspecified atom stereocenters. The first-order chi connectivity index (χ1) is 8.59. The van der Waals surface area contributed by atoms with Crippen LogP contribution in [0, 0.1) is 0 Å². The summed E-state index contributed by atoms with van der Waals surface area (Å²) in [6, 6.07) is 0. The van der Waals surface area contributed by atoms with Crippen LogP contribution in [0.25, 0.3) is 0 Å². The van der Waals surface area contributed by atoms with E-state index in [4.69, 9.17) is 0 Å². The van der Waals surface area contributed by atoms with Gasteiger partial charge in [0.1, 0.15) is 0 Å². The standard InChI is InChI=1S/C12H18N4O2/c1-15-11(17)10(14-16(2)12(15)18)13-8-7-9-5-3-4-6-9/h5H,3-4,6-8H2,1-2H3,(H,13,14). The van der Waals surface area contributed by atoms with Gasteiger partial charge in [0.2, 0.25) is 5.82 Å². The van der Waals surface area contributed by atoms with E-state index in [-0.39, 0.29) is 11.4 Å². The van der Waals surface area contributed by atoms with E-state index in [1.165, 1.54) is 30.8 Å². The quantitative estimate of drug-likeness (QED) is 0.785. The van der Waals surface area contributed by atoms with E-state index in [1.807, 2.05) is 0 Å². The van der Waals surface area contributed by atoms with Crippen molar-refractivity contribution in [2.45, 2.75) is 25.7 Å². The highest BCUT2D eigenvalue weighted by Crippen LogP contribution is 2.19. The molecule has 18 heavy (non-hydrogen) atoms. The lowest BCUT2D eigenvalue weighted by molar-refractivity contribution is 0.604. The molecular formula is C12H18N4O2. The average molecular weight is 250 g/mol. The van der Waals surface area contributed by atoms with Gasteiger partial charge in [-0.3, -0.25) is 9.36 Å². The van der Waals surface area contributed by atoms with Gasteiger partial charge >= 0.3 is 5.69 Å². The van der Waals surface area contributed by atoms with Crippen LogP contribution in [0.2, 0.25) is 0 Å². The molecule has 0 fully saturated rings. The summed E-state index contributed by atoms with van der Waals surface area (Å²) >= 11 is 0. The van der Waals surface area contributed by atoms with Gasteiger partial charge in [-0.25, -0.2) is 9.48 Å². The molecule has 0 radical (unpaired) electrons. The Morgan fingerprint density at radius 3 is 2.83 bits per heavy atom. The van der Waals surface area contributed by atoms with Crippen LogP contribution in [-0.2, 0) is 14.1 Å². The first-order valence-electron chi connectivity index (χ1n) is 6.15. The SMILES string of the molecule is Cn1nc(NCCC2=CCCC2)c(=O)n(C)c1=O. The summed E-state index contributed by atoms with van der Waals surface area (Å²) < 4.78 is 2.22. The van der Waals surface area contributed by atoms with Crippen LogP contribution < -0.4 is 16.6 Å². The number of nitrogens with one attached hydrogen (secondary N) is 1. The summed E-state index contributed by atoms with van der Waals surface area (Å²) in [5, 5.41) is 6.94. The van der Waals surface area contributed by atoms with Crippen LogP contribution in [0.3, 0.4) is 0 Å². The van der Waals surface area contributed by atoms with Gasteiger partial charge in [0, 0.05) is 20.6 Å². The van der Waals surface area contributed by atoms with Crippen molar-refractivity contribution in [2.24, 2.45) is 14.1 Å². The summed E-state index contributed by atoms with van der Waals surface area (Å²) in [6.45, 7) is 0.673. The molecule has 6 heteroatoms. The average Bonchev–Trinajstić information content (AvgIpc) is 2.86. The fraction of sp³-hybridized carbons (Fsp3) is 0.583. The Labute approximate surface area is 105 Å². The van der Waals surface area contributed by atoms with Gasteiger partial charge in [-0.1, -0.05) is 11.6 Å². The molecule has 1 aromatic rings. The smallest absolute Gasteiger partial charge is 0.346 e. The number of anilines is 1. The number of aromatic nitrogens is 3. The normalized spacial score (nSPS) is 14.7. The number of rotatable bonds is 4. The van der Waals surface area contributed by atoms with Crippen LogP contribution in [0.15, 0.2) is 21.2 Å². The highest BCUT2D eigenvalue weighted by molar-refractivity contribution is 5.29. The summed E-state index contributed by atoms with van der Waals surface area (Å²) in [7, 11) is 2.99. The van der Waals surface area contributed by atoms with Crippen molar-refractivity contribution in [2.75, 3.05) is 11.9 Å². The lowest BCUT2D eigenvalue weighted by Crippen LogP contribution is -2.40. The molecule has 0 aromatic carbocycles. The fourth-order valence-corrected chi connectivity index (χ4v) is 2.12. The van der Waals surface area contributed by atoms with E-state index in [9.17, 15) is 9.59 Å². The van der Waals surface area contributed by atoms with Crippen molar-refractivity contribution >= 4 is 5.82 Å². The maximum atomic E-state index is 11.8. The van der Waals surface area contributed by atoms with E-state index in [0.717, 1.165) is 23.8 Å². The molecule has 1 heterocycles. The predicted octanol–water partition coefficient (Wildman–Crippen LogP) is 0.391. The molecule has 1 aliphatic rings. The maximum absolute atomic E-state index is 11.8. The second-order valence-corrected chi connectivity index (χ2v) is 4.55. The topological polar surface area (TPSA) is 68.9 Å². The predicted molar refractivity (Wildman–Crippen MR) is 69.8 cm³/mol. The molecule has 0 aliphatic heterocycles. The highest BCUT2D eigenvalue weighted by atomic mass is 16.2. The lowest BCUT2D eigenvalue weighted by atomic mass is 10.2. The summed E-state index contributed by atoms with van der Waals surface area (Å²) in [4.78, 5) is 23.2. The van der Waals surface area contributed by atoms with Gasteiger partial charge in [0.15, 0.2) is 0 Å². The molecule has 0 bridgehead atoms. The van der Waals surface area contributed by atoms with E-state index in [0.29, 0.717) is 6.54 Å². The Bertz CT molecular complexity index is 583. The zero-order valence-electron chi connectivity index (χ0n) is 10.8. The minimum Gasteiger partial charge on any atom is -0.364 e. The van der Waals surface area contributed by atoms with Gasteiger partial charge in [-0.15, -0.1) is 5.10 Å². The van der Waals surface area contributed by atoms with Gasteiger partial charge < -0.3 is 5.32 Å². The molecule has 6 nitrogen and oxygen atoms in total. The number of aryl methyl sites for hydroxylation is 1. The molecule has 98 valence electrons. The van der Waals surface area contributed by atoms with Gasteiger partial charge in [0.05, 0.1) is 0 Å². The lowest BCUT2D eigenvalue weighted by Gasteiger charge is -2.08. The molecule has 0 amide bonds. The van der Waals surface area contributed by atoms with Gasteiger partial charge in [-0.05, 0) is 25.7 Å². The molecule has 1 aromatic heterocycles. The molecule has 0 saturated carbocycles. The summed E-state index contributed by atoms with van der Waals surface area (Å²) in [5.41, 5.74) is 0.645. The zero-order valence-corrected chi connectivity index (χ0v) is 10.8. The third-order valence-electron chi connectivity index (χ3n) is 3.19. The van der Waals surface area contributed by atoms with Crippen molar-refractivity contribution in [3.63, 3.8) is 0 Å². The van der Waals surface area contributed by atoms with E-state index >= 15 is 0 Å². The minimum absolute atomic E-state index is 0.234. The highest BCUT2D eigenvalue weighted by Gasteiger charge is 2.09.